The minimum Gasteiger partial charge on any atom is -0.396 e. The lowest BCUT2D eigenvalue weighted by atomic mass is 10.2. The molecule has 3 heteroatoms. The van der Waals surface area contributed by atoms with E-state index in [4.69, 9.17) is 5.73 Å². The maximum Gasteiger partial charge on any atom is 0.136 e. The van der Waals surface area contributed by atoms with E-state index < -0.39 is 0 Å². The fraction of sp³-hybridized carbons (Fsp3) is 0.300. The standard InChI is InChI=1S/C10H12N2S/c1-8-5-6-12-9(10(8)11)4-2-3-7-13/h5-6,13H,3,7,11H2,1H3. The smallest absolute Gasteiger partial charge is 0.136 e. The van der Waals surface area contributed by atoms with Crippen molar-refractivity contribution in [3.63, 3.8) is 0 Å². The van der Waals surface area contributed by atoms with Crippen LogP contribution < -0.4 is 5.73 Å². The Balaban J connectivity index is 2.91. The summed E-state index contributed by atoms with van der Waals surface area (Å²) in [4.78, 5) is 4.09. The second-order valence-corrected chi connectivity index (χ2v) is 3.11. The van der Waals surface area contributed by atoms with E-state index in [2.05, 4.69) is 29.5 Å². The average Bonchev–Trinajstić information content (AvgIpc) is 2.13. The van der Waals surface area contributed by atoms with Crippen molar-refractivity contribution >= 4 is 18.3 Å². The number of pyridine rings is 1. The first kappa shape index (κ1) is 9.94. The Hall–Kier alpha value is -1.14. The summed E-state index contributed by atoms with van der Waals surface area (Å²) in [6, 6.07) is 1.87. The van der Waals surface area contributed by atoms with Gasteiger partial charge in [-0.05, 0) is 24.5 Å². The fourth-order valence-electron chi connectivity index (χ4n) is 0.871. The lowest BCUT2D eigenvalue weighted by Crippen LogP contribution is -1.96. The van der Waals surface area contributed by atoms with Gasteiger partial charge in [-0.15, -0.1) is 0 Å². The summed E-state index contributed by atoms with van der Waals surface area (Å²) in [6.45, 7) is 1.95. The molecule has 0 saturated carbocycles. The number of aromatic nitrogens is 1. The Labute approximate surface area is 84.0 Å². The van der Waals surface area contributed by atoms with Gasteiger partial charge in [0.05, 0.1) is 5.69 Å². The van der Waals surface area contributed by atoms with E-state index in [0.29, 0.717) is 11.4 Å². The maximum absolute atomic E-state index is 5.78. The van der Waals surface area contributed by atoms with Crippen LogP contribution in [0.1, 0.15) is 17.7 Å². The third kappa shape index (κ3) is 2.67. The van der Waals surface area contributed by atoms with Crippen LogP contribution in [0.2, 0.25) is 0 Å². The molecule has 0 atom stereocenters. The topological polar surface area (TPSA) is 38.9 Å². The van der Waals surface area contributed by atoms with Gasteiger partial charge in [0.25, 0.3) is 0 Å². The summed E-state index contributed by atoms with van der Waals surface area (Å²) in [5.41, 5.74) is 8.14. The molecule has 0 aliphatic heterocycles. The second-order valence-electron chi connectivity index (χ2n) is 2.67. The SMILES string of the molecule is Cc1ccnc(C#CCCS)c1N. The van der Waals surface area contributed by atoms with Gasteiger partial charge in [0.1, 0.15) is 5.69 Å². The van der Waals surface area contributed by atoms with Gasteiger partial charge in [-0.25, -0.2) is 4.98 Å². The molecule has 2 nitrogen and oxygen atoms in total. The van der Waals surface area contributed by atoms with E-state index in [-0.39, 0.29) is 0 Å². The second kappa shape index (κ2) is 4.78. The molecule has 1 aromatic heterocycles. The molecule has 2 N–H and O–H groups in total. The highest BCUT2D eigenvalue weighted by Gasteiger charge is 1.98. The lowest BCUT2D eigenvalue weighted by molar-refractivity contribution is 1.25. The quantitative estimate of drug-likeness (QED) is 0.524. The molecule has 0 aliphatic carbocycles. The number of nitrogens with zero attached hydrogens (tertiary/aromatic N) is 1. The molecule has 0 bridgehead atoms. The van der Waals surface area contributed by atoms with Gasteiger partial charge in [-0.3, -0.25) is 0 Å². The third-order valence-corrected chi connectivity index (χ3v) is 1.88. The summed E-state index contributed by atoms with van der Waals surface area (Å²) < 4.78 is 0. The van der Waals surface area contributed by atoms with Gasteiger partial charge in [-0.1, -0.05) is 5.92 Å². The van der Waals surface area contributed by atoms with Crippen molar-refractivity contribution in [2.24, 2.45) is 0 Å². The molecule has 0 aliphatic rings. The van der Waals surface area contributed by atoms with Crippen LogP contribution in [0.15, 0.2) is 12.3 Å². The van der Waals surface area contributed by atoms with E-state index >= 15 is 0 Å². The number of anilines is 1. The van der Waals surface area contributed by atoms with Crippen LogP contribution in [-0.4, -0.2) is 10.7 Å². The van der Waals surface area contributed by atoms with Gasteiger partial charge >= 0.3 is 0 Å². The van der Waals surface area contributed by atoms with Crippen LogP contribution in [0, 0.1) is 18.8 Å². The minimum atomic E-state index is 0.668. The van der Waals surface area contributed by atoms with Crippen molar-refractivity contribution in [1.82, 2.24) is 4.98 Å². The number of hydrogen-bond donors (Lipinski definition) is 2. The molecule has 1 aromatic rings. The van der Waals surface area contributed by atoms with Crippen LogP contribution in [0.25, 0.3) is 0 Å². The van der Waals surface area contributed by atoms with Crippen LogP contribution in [-0.2, 0) is 0 Å². The lowest BCUT2D eigenvalue weighted by Gasteiger charge is -1.99. The fourth-order valence-corrected chi connectivity index (χ4v) is 0.983. The summed E-state index contributed by atoms with van der Waals surface area (Å²) in [5.74, 6) is 6.63. The predicted octanol–water partition coefficient (Wildman–Crippen LogP) is 1.64. The molecule has 1 heterocycles. The Morgan fingerprint density at radius 1 is 1.62 bits per heavy atom. The van der Waals surface area contributed by atoms with Crippen molar-refractivity contribution in [2.45, 2.75) is 13.3 Å². The van der Waals surface area contributed by atoms with E-state index in [1.807, 2.05) is 13.0 Å². The Morgan fingerprint density at radius 3 is 3.08 bits per heavy atom. The highest BCUT2D eigenvalue weighted by atomic mass is 32.1. The first-order chi connectivity index (χ1) is 6.25. The number of thiol groups is 1. The maximum atomic E-state index is 5.78. The zero-order chi connectivity index (χ0) is 9.68. The molecule has 68 valence electrons. The van der Waals surface area contributed by atoms with Crippen LogP contribution in [0.4, 0.5) is 5.69 Å². The van der Waals surface area contributed by atoms with Crippen molar-refractivity contribution in [2.75, 3.05) is 11.5 Å². The van der Waals surface area contributed by atoms with Gasteiger partial charge < -0.3 is 5.73 Å². The molecular formula is C10H12N2S. The number of nitrogen functional groups attached to an aromatic ring is 1. The van der Waals surface area contributed by atoms with Crippen molar-refractivity contribution in [1.29, 1.82) is 0 Å². The van der Waals surface area contributed by atoms with Crippen LogP contribution in [0.5, 0.6) is 0 Å². The number of hydrogen-bond acceptors (Lipinski definition) is 3. The zero-order valence-electron chi connectivity index (χ0n) is 7.54. The average molecular weight is 192 g/mol. The molecule has 0 amide bonds. The van der Waals surface area contributed by atoms with Crippen LogP contribution >= 0.6 is 12.6 Å². The first-order valence-corrected chi connectivity index (χ1v) is 4.69. The molecule has 13 heavy (non-hydrogen) atoms. The molecule has 1 rings (SSSR count). The molecular weight excluding hydrogens is 180 g/mol. The monoisotopic (exact) mass is 192 g/mol. The number of aryl methyl sites for hydroxylation is 1. The summed E-state index contributed by atoms with van der Waals surface area (Å²) >= 11 is 4.06. The largest absolute Gasteiger partial charge is 0.396 e. The summed E-state index contributed by atoms with van der Waals surface area (Å²) in [7, 11) is 0. The summed E-state index contributed by atoms with van der Waals surface area (Å²) in [6.07, 6.45) is 2.48. The molecule has 0 spiro atoms. The molecule has 0 radical (unpaired) electrons. The minimum absolute atomic E-state index is 0.668. The Morgan fingerprint density at radius 2 is 2.38 bits per heavy atom. The molecule has 0 fully saturated rings. The molecule has 0 unspecified atom stereocenters. The first-order valence-electron chi connectivity index (χ1n) is 4.06. The van der Waals surface area contributed by atoms with Crippen molar-refractivity contribution < 1.29 is 0 Å². The van der Waals surface area contributed by atoms with Crippen LogP contribution in [0.3, 0.4) is 0 Å². The van der Waals surface area contributed by atoms with Gasteiger partial charge in [0.2, 0.25) is 0 Å². The van der Waals surface area contributed by atoms with Gasteiger partial charge in [-0.2, -0.15) is 12.6 Å². The highest BCUT2D eigenvalue weighted by molar-refractivity contribution is 7.80. The highest BCUT2D eigenvalue weighted by Crippen LogP contribution is 2.11. The van der Waals surface area contributed by atoms with Crippen molar-refractivity contribution in [3.8, 4) is 11.8 Å². The molecule has 0 saturated heterocycles. The van der Waals surface area contributed by atoms with Gasteiger partial charge in [0, 0.05) is 18.4 Å². The van der Waals surface area contributed by atoms with Crippen molar-refractivity contribution in [3.05, 3.63) is 23.5 Å². The Kier molecular flexibility index (Phi) is 3.66. The number of nitrogens with two attached hydrogens (primary N) is 1. The normalized spacial score (nSPS) is 9.08. The zero-order valence-corrected chi connectivity index (χ0v) is 8.44. The Bertz CT molecular complexity index is 350. The van der Waals surface area contributed by atoms with E-state index in [9.17, 15) is 0 Å². The van der Waals surface area contributed by atoms with E-state index in [0.717, 1.165) is 17.7 Å². The third-order valence-electron chi connectivity index (χ3n) is 1.65. The summed E-state index contributed by atoms with van der Waals surface area (Å²) in [5, 5.41) is 0. The predicted molar refractivity (Wildman–Crippen MR) is 58.7 cm³/mol. The van der Waals surface area contributed by atoms with E-state index in [1.54, 1.807) is 6.20 Å². The molecule has 0 aromatic carbocycles. The van der Waals surface area contributed by atoms with Gasteiger partial charge in [0.15, 0.2) is 0 Å². The number of rotatable bonds is 1. The van der Waals surface area contributed by atoms with E-state index in [1.165, 1.54) is 0 Å².